The lowest BCUT2D eigenvalue weighted by atomic mass is 10.0. The molecule has 1 N–H and O–H groups in total. The smallest absolute Gasteiger partial charge is 0.230 e. The van der Waals surface area contributed by atoms with Crippen molar-refractivity contribution in [1.29, 1.82) is 0 Å². The van der Waals surface area contributed by atoms with Crippen molar-refractivity contribution in [2.24, 2.45) is 0 Å². The Morgan fingerprint density at radius 3 is 2.62 bits per heavy atom. The molecule has 0 saturated heterocycles. The largest absolute Gasteiger partial charge is 0.359 e. The number of fused-ring (bicyclic) bond motifs is 1. The van der Waals surface area contributed by atoms with E-state index in [4.69, 9.17) is 0 Å². The summed E-state index contributed by atoms with van der Waals surface area (Å²) < 4.78 is 0. The molecule has 2 aromatic heterocycles. The molecule has 4 heteroatoms. The summed E-state index contributed by atoms with van der Waals surface area (Å²) in [6, 6.07) is 0. The first-order valence-corrected chi connectivity index (χ1v) is 5.01. The van der Waals surface area contributed by atoms with E-state index >= 15 is 0 Å². The highest BCUT2D eigenvalue weighted by atomic mass is 16.2. The number of ketones is 2. The molecular weight excluding hydrogens is 204 g/mol. The van der Waals surface area contributed by atoms with Crippen molar-refractivity contribution in [2.75, 3.05) is 0 Å². The van der Waals surface area contributed by atoms with Gasteiger partial charge in [0.1, 0.15) is 0 Å². The van der Waals surface area contributed by atoms with Gasteiger partial charge in [-0.1, -0.05) is 0 Å². The summed E-state index contributed by atoms with van der Waals surface area (Å²) in [6.45, 7) is 5.02. The van der Waals surface area contributed by atoms with E-state index in [9.17, 15) is 9.59 Å². The van der Waals surface area contributed by atoms with Crippen LogP contribution in [0.15, 0.2) is 12.4 Å². The third kappa shape index (κ3) is 1.43. The Morgan fingerprint density at radius 2 is 2.00 bits per heavy atom. The van der Waals surface area contributed by atoms with E-state index in [1.807, 2.05) is 13.8 Å². The molecule has 0 atom stereocenters. The van der Waals surface area contributed by atoms with E-state index < -0.39 is 11.6 Å². The van der Waals surface area contributed by atoms with Crippen molar-refractivity contribution >= 4 is 22.5 Å². The van der Waals surface area contributed by atoms with E-state index in [-0.39, 0.29) is 0 Å². The van der Waals surface area contributed by atoms with Crippen molar-refractivity contribution in [2.45, 2.75) is 20.8 Å². The van der Waals surface area contributed by atoms with Crippen LogP contribution in [0.5, 0.6) is 0 Å². The summed E-state index contributed by atoms with van der Waals surface area (Å²) in [4.78, 5) is 30.0. The number of H-pyrrole nitrogens is 1. The van der Waals surface area contributed by atoms with Crippen LogP contribution in [0.1, 0.15) is 28.5 Å². The van der Waals surface area contributed by atoms with Crippen LogP contribution in [0, 0.1) is 13.8 Å². The second-order valence-corrected chi connectivity index (χ2v) is 3.86. The van der Waals surface area contributed by atoms with Crippen LogP contribution in [0.25, 0.3) is 10.9 Å². The van der Waals surface area contributed by atoms with Gasteiger partial charge in [-0.3, -0.25) is 14.6 Å². The second kappa shape index (κ2) is 3.56. The van der Waals surface area contributed by atoms with Gasteiger partial charge in [-0.25, -0.2) is 0 Å². The average molecular weight is 216 g/mol. The van der Waals surface area contributed by atoms with Crippen molar-refractivity contribution < 1.29 is 9.59 Å². The van der Waals surface area contributed by atoms with E-state index in [1.165, 1.54) is 6.92 Å². The molecule has 2 rings (SSSR count). The maximum Gasteiger partial charge on any atom is 0.230 e. The third-order valence-corrected chi connectivity index (χ3v) is 2.65. The fraction of sp³-hybridized carbons (Fsp3) is 0.250. The first kappa shape index (κ1) is 10.5. The number of aryl methyl sites for hydroxylation is 2. The summed E-state index contributed by atoms with van der Waals surface area (Å²) >= 11 is 0. The minimum atomic E-state index is -0.458. The zero-order valence-corrected chi connectivity index (χ0v) is 9.42. The maximum atomic E-state index is 11.7. The van der Waals surface area contributed by atoms with E-state index in [0.717, 1.165) is 22.2 Å². The Morgan fingerprint density at radius 1 is 1.31 bits per heavy atom. The van der Waals surface area contributed by atoms with Gasteiger partial charge in [0, 0.05) is 24.7 Å². The fourth-order valence-electron chi connectivity index (χ4n) is 1.81. The molecule has 0 saturated carbocycles. The number of carbonyl (C=O) groups is 2. The Bertz CT molecular complexity index is 596. The van der Waals surface area contributed by atoms with E-state index in [0.29, 0.717) is 5.56 Å². The highest BCUT2D eigenvalue weighted by Crippen LogP contribution is 2.24. The number of aromatic amines is 1. The normalized spacial score (nSPS) is 10.7. The SMILES string of the molecule is CC(=O)C(=O)c1c[nH]c2c(C)ncc(C)c12. The lowest BCUT2D eigenvalue weighted by Crippen LogP contribution is -2.09. The Balaban J connectivity index is 2.78. The molecule has 0 aliphatic carbocycles. The Hall–Kier alpha value is -1.97. The minimum Gasteiger partial charge on any atom is -0.359 e. The molecule has 0 bridgehead atoms. The standard InChI is InChI=1S/C12H12N2O2/c1-6-4-13-7(2)11-10(6)9(5-14-11)12(16)8(3)15/h4-5,14H,1-3H3. The van der Waals surface area contributed by atoms with Crippen LogP contribution >= 0.6 is 0 Å². The van der Waals surface area contributed by atoms with Crippen LogP contribution in [-0.4, -0.2) is 21.5 Å². The number of hydrogen-bond acceptors (Lipinski definition) is 3. The van der Waals surface area contributed by atoms with E-state index in [1.54, 1.807) is 12.4 Å². The number of rotatable bonds is 2. The lowest BCUT2D eigenvalue weighted by Gasteiger charge is -2.01. The first-order valence-electron chi connectivity index (χ1n) is 5.01. The average Bonchev–Trinajstić information content (AvgIpc) is 2.67. The summed E-state index contributed by atoms with van der Waals surface area (Å²) in [5.41, 5.74) is 2.98. The fourth-order valence-corrected chi connectivity index (χ4v) is 1.81. The number of nitrogens with one attached hydrogen (secondary N) is 1. The van der Waals surface area contributed by atoms with E-state index in [2.05, 4.69) is 9.97 Å². The zero-order chi connectivity index (χ0) is 11.9. The molecule has 0 aromatic carbocycles. The summed E-state index contributed by atoms with van der Waals surface area (Å²) in [7, 11) is 0. The number of pyridine rings is 1. The summed E-state index contributed by atoms with van der Waals surface area (Å²) in [5, 5.41) is 0.799. The number of nitrogens with zero attached hydrogens (tertiary/aromatic N) is 1. The molecule has 0 fully saturated rings. The number of aromatic nitrogens is 2. The quantitative estimate of drug-likeness (QED) is 0.616. The second-order valence-electron chi connectivity index (χ2n) is 3.86. The number of Topliss-reactive ketones (excluding diaryl/α,β-unsaturated/α-hetero) is 2. The molecule has 2 aromatic rings. The molecule has 0 radical (unpaired) electrons. The van der Waals surface area contributed by atoms with Gasteiger partial charge in [0.2, 0.25) is 5.78 Å². The molecule has 4 nitrogen and oxygen atoms in total. The highest BCUT2D eigenvalue weighted by molar-refractivity contribution is 6.45. The van der Waals surface area contributed by atoms with Crippen LogP contribution < -0.4 is 0 Å². The maximum absolute atomic E-state index is 11.7. The van der Waals surface area contributed by atoms with Crippen molar-refractivity contribution in [3.8, 4) is 0 Å². The molecule has 16 heavy (non-hydrogen) atoms. The van der Waals surface area contributed by atoms with Crippen molar-refractivity contribution in [3.05, 3.63) is 29.2 Å². The summed E-state index contributed by atoms with van der Waals surface area (Å²) in [5.74, 6) is -0.908. The van der Waals surface area contributed by atoms with Gasteiger partial charge in [0.05, 0.1) is 16.8 Å². The number of carbonyl (C=O) groups excluding carboxylic acids is 2. The van der Waals surface area contributed by atoms with Gasteiger partial charge in [-0.05, 0) is 19.4 Å². The van der Waals surface area contributed by atoms with Gasteiger partial charge in [-0.15, -0.1) is 0 Å². The first-order chi connectivity index (χ1) is 7.52. The third-order valence-electron chi connectivity index (χ3n) is 2.65. The topological polar surface area (TPSA) is 62.8 Å². The van der Waals surface area contributed by atoms with Crippen LogP contribution in [0.4, 0.5) is 0 Å². The summed E-state index contributed by atoms with van der Waals surface area (Å²) in [6.07, 6.45) is 3.29. The van der Waals surface area contributed by atoms with Crippen LogP contribution in [-0.2, 0) is 4.79 Å². The highest BCUT2D eigenvalue weighted by Gasteiger charge is 2.18. The molecule has 0 spiro atoms. The molecule has 0 amide bonds. The monoisotopic (exact) mass is 216 g/mol. The zero-order valence-electron chi connectivity index (χ0n) is 9.42. The molecular formula is C12H12N2O2. The lowest BCUT2D eigenvalue weighted by molar-refractivity contribution is -0.113. The number of hydrogen-bond donors (Lipinski definition) is 1. The van der Waals surface area contributed by atoms with Crippen LogP contribution in [0.2, 0.25) is 0 Å². The van der Waals surface area contributed by atoms with Crippen LogP contribution in [0.3, 0.4) is 0 Å². The minimum absolute atomic E-state index is 0.436. The van der Waals surface area contributed by atoms with Gasteiger partial charge in [-0.2, -0.15) is 0 Å². The van der Waals surface area contributed by atoms with Crippen molar-refractivity contribution in [1.82, 2.24) is 9.97 Å². The predicted molar refractivity (Wildman–Crippen MR) is 60.6 cm³/mol. The van der Waals surface area contributed by atoms with Gasteiger partial charge in [0.15, 0.2) is 5.78 Å². The van der Waals surface area contributed by atoms with Gasteiger partial charge in [0.25, 0.3) is 0 Å². The Kier molecular flexibility index (Phi) is 2.34. The van der Waals surface area contributed by atoms with Crippen molar-refractivity contribution in [3.63, 3.8) is 0 Å². The van der Waals surface area contributed by atoms with Gasteiger partial charge >= 0.3 is 0 Å². The molecule has 2 heterocycles. The molecule has 0 aliphatic rings. The van der Waals surface area contributed by atoms with Gasteiger partial charge < -0.3 is 4.98 Å². The Labute approximate surface area is 92.7 Å². The molecule has 0 aliphatic heterocycles. The molecule has 82 valence electrons. The molecule has 0 unspecified atom stereocenters. The predicted octanol–water partition coefficient (Wildman–Crippen LogP) is 1.95.